The lowest BCUT2D eigenvalue weighted by Crippen LogP contribution is -2.49. The van der Waals surface area contributed by atoms with E-state index in [1.165, 1.54) is 50.0 Å². The van der Waals surface area contributed by atoms with Crippen LogP contribution in [0.25, 0.3) is 0 Å². The summed E-state index contributed by atoms with van der Waals surface area (Å²) in [6, 6.07) is 9.13. The summed E-state index contributed by atoms with van der Waals surface area (Å²) in [4.78, 5) is 7.46. The molecule has 0 bridgehead atoms. The van der Waals surface area contributed by atoms with Crippen LogP contribution in [0.4, 0.5) is 0 Å². The van der Waals surface area contributed by atoms with Crippen LogP contribution >= 0.6 is 0 Å². The number of aryl methyl sites for hydroxylation is 1. The maximum Gasteiger partial charge on any atom is 0.191 e. The lowest BCUT2D eigenvalue weighted by molar-refractivity contribution is 0.150. The fourth-order valence-corrected chi connectivity index (χ4v) is 4.09. The van der Waals surface area contributed by atoms with Crippen LogP contribution in [-0.2, 0) is 17.7 Å². The molecule has 0 aliphatic carbocycles. The number of nitrogens with one attached hydrogen (secondary N) is 2. The number of hydrogen-bond acceptors (Lipinski definition) is 3. The molecule has 0 saturated carbocycles. The number of rotatable bonds is 7. The Balaban J connectivity index is 1.49. The Bertz CT molecular complexity index is 590. The Kier molecular flexibility index (Phi) is 7.96. The molecule has 27 heavy (non-hydrogen) atoms. The van der Waals surface area contributed by atoms with Gasteiger partial charge in [0.2, 0.25) is 0 Å². The van der Waals surface area contributed by atoms with Crippen LogP contribution in [0.3, 0.4) is 0 Å². The molecule has 2 heterocycles. The van der Waals surface area contributed by atoms with Crippen LogP contribution < -0.4 is 10.6 Å². The van der Waals surface area contributed by atoms with Crippen molar-refractivity contribution >= 4 is 5.96 Å². The van der Waals surface area contributed by atoms with Gasteiger partial charge in [-0.25, -0.2) is 4.99 Å². The Morgan fingerprint density at radius 2 is 1.93 bits per heavy atom. The van der Waals surface area contributed by atoms with Gasteiger partial charge >= 0.3 is 0 Å². The van der Waals surface area contributed by atoms with Crippen molar-refractivity contribution in [3.05, 3.63) is 35.4 Å². The maximum atomic E-state index is 5.52. The zero-order valence-electron chi connectivity index (χ0n) is 17.0. The van der Waals surface area contributed by atoms with E-state index in [1.54, 1.807) is 0 Å². The summed E-state index contributed by atoms with van der Waals surface area (Å²) in [5.74, 6) is 1.69. The van der Waals surface area contributed by atoms with E-state index >= 15 is 0 Å². The first-order valence-corrected chi connectivity index (χ1v) is 10.7. The molecule has 1 aromatic carbocycles. The number of ether oxygens (including phenoxy) is 1. The minimum Gasteiger partial charge on any atom is -0.381 e. The third-order valence-electron chi connectivity index (χ3n) is 5.72. The van der Waals surface area contributed by atoms with Crippen molar-refractivity contribution in [1.29, 1.82) is 0 Å². The third kappa shape index (κ3) is 6.22. The van der Waals surface area contributed by atoms with Gasteiger partial charge in [0, 0.05) is 38.8 Å². The molecule has 150 valence electrons. The quantitative estimate of drug-likeness (QED) is 0.571. The monoisotopic (exact) mass is 372 g/mol. The molecule has 2 aliphatic heterocycles. The third-order valence-corrected chi connectivity index (χ3v) is 5.72. The topological polar surface area (TPSA) is 48.9 Å². The normalized spacial score (nSPS) is 22.1. The molecule has 0 radical (unpaired) electrons. The van der Waals surface area contributed by atoms with Gasteiger partial charge in [0.05, 0.1) is 13.2 Å². The fourth-order valence-electron chi connectivity index (χ4n) is 4.09. The lowest BCUT2D eigenvalue weighted by atomic mass is 10.0. The van der Waals surface area contributed by atoms with Crippen LogP contribution in [0.1, 0.15) is 44.2 Å². The molecule has 2 fully saturated rings. The number of piperidine rings is 1. The Morgan fingerprint density at radius 1 is 1.15 bits per heavy atom. The number of nitrogens with zero attached hydrogens (tertiary/aromatic N) is 2. The van der Waals surface area contributed by atoms with Gasteiger partial charge in [-0.05, 0) is 49.7 Å². The van der Waals surface area contributed by atoms with E-state index in [0.717, 1.165) is 44.6 Å². The highest BCUT2D eigenvalue weighted by molar-refractivity contribution is 5.80. The molecule has 1 unspecified atom stereocenters. The molecule has 1 aromatic rings. The number of benzene rings is 1. The summed E-state index contributed by atoms with van der Waals surface area (Å²) >= 11 is 0. The SMILES string of the molecule is CCNC(=NCc1ccccc1CC)NC1CCN(CC2CCOC2)CC1. The maximum absolute atomic E-state index is 5.52. The first kappa shape index (κ1) is 20.2. The molecule has 2 aliphatic rings. The summed E-state index contributed by atoms with van der Waals surface area (Å²) in [7, 11) is 0. The van der Waals surface area contributed by atoms with Crippen molar-refractivity contribution in [2.75, 3.05) is 39.4 Å². The van der Waals surface area contributed by atoms with Gasteiger partial charge in [-0.3, -0.25) is 0 Å². The highest BCUT2D eigenvalue weighted by Gasteiger charge is 2.24. The minimum atomic E-state index is 0.514. The van der Waals surface area contributed by atoms with Gasteiger partial charge in [-0.2, -0.15) is 0 Å². The fraction of sp³-hybridized carbons (Fsp3) is 0.682. The van der Waals surface area contributed by atoms with Crippen molar-refractivity contribution < 1.29 is 4.74 Å². The van der Waals surface area contributed by atoms with E-state index in [-0.39, 0.29) is 0 Å². The average Bonchev–Trinajstić information content (AvgIpc) is 3.21. The van der Waals surface area contributed by atoms with E-state index in [1.807, 2.05) is 0 Å². The van der Waals surface area contributed by atoms with Crippen LogP contribution in [0.5, 0.6) is 0 Å². The van der Waals surface area contributed by atoms with Crippen molar-refractivity contribution in [2.45, 2.75) is 52.1 Å². The molecule has 5 heteroatoms. The van der Waals surface area contributed by atoms with Gasteiger partial charge in [-0.1, -0.05) is 31.2 Å². The standard InChI is InChI=1S/C22H36N4O/c1-3-19-7-5-6-8-20(19)15-24-22(23-4-2)25-21-9-12-26(13-10-21)16-18-11-14-27-17-18/h5-8,18,21H,3-4,9-17H2,1-2H3,(H2,23,24,25). The summed E-state index contributed by atoms with van der Waals surface area (Å²) in [6.45, 7) is 11.4. The average molecular weight is 373 g/mol. The van der Waals surface area contributed by atoms with Crippen LogP contribution in [0.15, 0.2) is 29.3 Å². The summed E-state index contributed by atoms with van der Waals surface area (Å²) < 4.78 is 5.52. The van der Waals surface area contributed by atoms with Gasteiger partial charge in [0.1, 0.15) is 0 Å². The second-order valence-corrected chi connectivity index (χ2v) is 7.77. The smallest absolute Gasteiger partial charge is 0.191 e. The van der Waals surface area contributed by atoms with Crippen molar-refractivity contribution in [1.82, 2.24) is 15.5 Å². The van der Waals surface area contributed by atoms with Gasteiger partial charge in [-0.15, -0.1) is 0 Å². The van der Waals surface area contributed by atoms with Crippen LogP contribution in [-0.4, -0.2) is 56.3 Å². The molecule has 2 saturated heterocycles. The molecular weight excluding hydrogens is 336 g/mol. The highest BCUT2D eigenvalue weighted by Crippen LogP contribution is 2.18. The van der Waals surface area contributed by atoms with Gasteiger partial charge in [0.15, 0.2) is 5.96 Å². The Labute approximate surface area is 164 Å². The van der Waals surface area contributed by atoms with Crippen molar-refractivity contribution in [3.63, 3.8) is 0 Å². The largest absolute Gasteiger partial charge is 0.381 e. The van der Waals surface area contributed by atoms with Crippen molar-refractivity contribution in [2.24, 2.45) is 10.9 Å². The van der Waals surface area contributed by atoms with E-state index in [9.17, 15) is 0 Å². The molecule has 3 rings (SSSR count). The van der Waals surface area contributed by atoms with E-state index in [0.29, 0.717) is 6.04 Å². The van der Waals surface area contributed by atoms with Crippen molar-refractivity contribution in [3.8, 4) is 0 Å². The minimum absolute atomic E-state index is 0.514. The molecule has 2 N–H and O–H groups in total. The predicted octanol–water partition coefficient (Wildman–Crippen LogP) is 2.81. The number of hydrogen-bond donors (Lipinski definition) is 2. The molecule has 0 aromatic heterocycles. The predicted molar refractivity (Wildman–Crippen MR) is 112 cm³/mol. The second-order valence-electron chi connectivity index (χ2n) is 7.77. The van der Waals surface area contributed by atoms with Crippen LogP contribution in [0, 0.1) is 5.92 Å². The second kappa shape index (κ2) is 10.7. The van der Waals surface area contributed by atoms with E-state index in [2.05, 4.69) is 53.6 Å². The first-order chi connectivity index (χ1) is 13.3. The molecular formula is C22H36N4O. The molecule has 0 amide bonds. The number of likely N-dealkylation sites (tertiary alicyclic amines) is 1. The molecule has 5 nitrogen and oxygen atoms in total. The summed E-state index contributed by atoms with van der Waals surface area (Å²) in [5.41, 5.74) is 2.71. The lowest BCUT2D eigenvalue weighted by Gasteiger charge is -2.34. The highest BCUT2D eigenvalue weighted by atomic mass is 16.5. The van der Waals surface area contributed by atoms with E-state index < -0.39 is 0 Å². The van der Waals surface area contributed by atoms with Gasteiger partial charge in [0.25, 0.3) is 0 Å². The number of aliphatic imine (C=N–C) groups is 1. The summed E-state index contributed by atoms with van der Waals surface area (Å²) in [6.07, 6.45) is 4.65. The number of guanidine groups is 1. The zero-order chi connectivity index (χ0) is 18.9. The Hall–Kier alpha value is -1.59. The first-order valence-electron chi connectivity index (χ1n) is 10.7. The van der Waals surface area contributed by atoms with Crippen LogP contribution in [0.2, 0.25) is 0 Å². The van der Waals surface area contributed by atoms with Gasteiger partial charge < -0.3 is 20.3 Å². The molecule has 1 atom stereocenters. The Morgan fingerprint density at radius 3 is 2.59 bits per heavy atom. The zero-order valence-corrected chi connectivity index (χ0v) is 17.0. The van der Waals surface area contributed by atoms with E-state index in [4.69, 9.17) is 9.73 Å². The molecule has 0 spiro atoms. The summed E-state index contributed by atoms with van der Waals surface area (Å²) in [5, 5.41) is 7.08.